The minimum absolute atomic E-state index is 0.0353. The third kappa shape index (κ3) is 3.13. The number of hydrogen-bond acceptors (Lipinski definition) is 4. The Balaban J connectivity index is 1.90. The number of phenolic OH excluding ortho intramolecular Hbond substituents is 1. The molecule has 0 heterocycles. The number of rotatable bonds is 4. The van der Waals surface area contributed by atoms with E-state index in [1.165, 1.54) is 7.11 Å². The Morgan fingerprint density at radius 2 is 1.96 bits per heavy atom. The van der Waals surface area contributed by atoms with Gasteiger partial charge in [-0.05, 0) is 61.4 Å². The van der Waals surface area contributed by atoms with E-state index < -0.39 is 0 Å². The lowest BCUT2D eigenvalue weighted by molar-refractivity contribution is 0.104. The highest BCUT2D eigenvalue weighted by molar-refractivity contribution is 6.15. The smallest absolute Gasteiger partial charge is 0.189 e. The molecule has 0 amide bonds. The first-order chi connectivity index (χ1) is 11.5. The summed E-state index contributed by atoms with van der Waals surface area (Å²) in [7, 11) is 1.50. The number of Topliss-reactive ketones (excluding diaryl/α,β-unsaturated/α-hetero) is 1. The second-order valence-electron chi connectivity index (χ2n) is 6.09. The SMILES string of the molecule is COc1cc(C=C2Cc3cc(OC(C)C)ccc3C2=O)ccc1O. The van der Waals surface area contributed by atoms with Gasteiger partial charge in [0.15, 0.2) is 17.3 Å². The minimum atomic E-state index is 0.0353. The van der Waals surface area contributed by atoms with E-state index in [9.17, 15) is 9.90 Å². The van der Waals surface area contributed by atoms with Crippen molar-refractivity contribution in [3.05, 3.63) is 58.7 Å². The average molecular weight is 324 g/mol. The zero-order valence-electron chi connectivity index (χ0n) is 14.0. The Morgan fingerprint density at radius 3 is 2.67 bits per heavy atom. The first-order valence-corrected chi connectivity index (χ1v) is 7.90. The largest absolute Gasteiger partial charge is 0.504 e. The van der Waals surface area contributed by atoms with Gasteiger partial charge in [-0.3, -0.25) is 4.79 Å². The summed E-state index contributed by atoms with van der Waals surface area (Å²) in [5.74, 6) is 1.29. The molecule has 0 radical (unpaired) electrons. The molecule has 4 nitrogen and oxygen atoms in total. The van der Waals surface area contributed by atoms with Gasteiger partial charge < -0.3 is 14.6 Å². The lowest BCUT2D eigenvalue weighted by Crippen LogP contribution is -2.05. The van der Waals surface area contributed by atoms with Crippen LogP contribution in [0.4, 0.5) is 0 Å². The summed E-state index contributed by atoms with van der Waals surface area (Å²) in [4.78, 5) is 12.6. The van der Waals surface area contributed by atoms with Gasteiger partial charge in [-0.1, -0.05) is 6.07 Å². The quantitative estimate of drug-likeness (QED) is 0.863. The molecule has 0 fully saturated rings. The third-order valence-corrected chi connectivity index (χ3v) is 3.91. The molecule has 1 aliphatic rings. The lowest BCUT2D eigenvalue weighted by Gasteiger charge is -2.10. The van der Waals surface area contributed by atoms with Crippen LogP contribution < -0.4 is 9.47 Å². The van der Waals surface area contributed by atoms with Gasteiger partial charge in [-0.15, -0.1) is 0 Å². The van der Waals surface area contributed by atoms with Crippen LogP contribution in [0.5, 0.6) is 17.2 Å². The highest BCUT2D eigenvalue weighted by atomic mass is 16.5. The van der Waals surface area contributed by atoms with Crippen LogP contribution in [0.2, 0.25) is 0 Å². The van der Waals surface area contributed by atoms with Gasteiger partial charge in [-0.2, -0.15) is 0 Å². The summed E-state index contributed by atoms with van der Waals surface area (Å²) >= 11 is 0. The molecule has 0 bridgehead atoms. The van der Waals surface area contributed by atoms with E-state index in [4.69, 9.17) is 9.47 Å². The van der Waals surface area contributed by atoms with Crippen LogP contribution >= 0.6 is 0 Å². The molecular weight excluding hydrogens is 304 g/mol. The van der Waals surface area contributed by atoms with Gasteiger partial charge in [-0.25, -0.2) is 0 Å². The zero-order valence-corrected chi connectivity index (χ0v) is 14.0. The van der Waals surface area contributed by atoms with Crippen molar-refractivity contribution in [1.29, 1.82) is 0 Å². The fraction of sp³-hybridized carbons (Fsp3) is 0.250. The van der Waals surface area contributed by atoms with Gasteiger partial charge in [0.05, 0.1) is 13.2 Å². The molecule has 3 rings (SSSR count). The number of carbonyl (C=O) groups excluding carboxylic acids is 1. The van der Waals surface area contributed by atoms with Crippen molar-refractivity contribution >= 4 is 11.9 Å². The fourth-order valence-corrected chi connectivity index (χ4v) is 2.84. The van der Waals surface area contributed by atoms with Crippen molar-refractivity contribution in [3.8, 4) is 17.2 Å². The number of ketones is 1. The summed E-state index contributed by atoms with van der Waals surface area (Å²) in [6.07, 6.45) is 2.51. The van der Waals surface area contributed by atoms with E-state index in [1.54, 1.807) is 18.2 Å². The standard InChI is InChI=1S/C20H20O4/c1-12(2)24-16-5-6-17-14(11-16)10-15(20(17)22)8-13-4-7-18(21)19(9-13)23-3/h4-9,11-12,21H,10H2,1-3H3. The van der Waals surface area contributed by atoms with Crippen LogP contribution in [0.15, 0.2) is 42.0 Å². The predicted molar refractivity (Wildman–Crippen MR) is 92.9 cm³/mol. The zero-order chi connectivity index (χ0) is 17.3. The van der Waals surface area contributed by atoms with Gasteiger partial charge in [0, 0.05) is 17.6 Å². The molecule has 2 aromatic carbocycles. The highest BCUT2D eigenvalue weighted by Gasteiger charge is 2.25. The van der Waals surface area contributed by atoms with Crippen LogP contribution in [0.1, 0.15) is 35.3 Å². The maximum atomic E-state index is 12.6. The summed E-state index contributed by atoms with van der Waals surface area (Å²) in [5.41, 5.74) is 3.25. The molecule has 24 heavy (non-hydrogen) atoms. The van der Waals surface area contributed by atoms with Crippen molar-refractivity contribution in [1.82, 2.24) is 0 Å². The van der Waals surface area contributed by atoms with Crippen molar-refractivity contribution in [2.24, 2.45) is 0 Å². The number of methoxy groups -OCH3 is 1. The Labute approximate surface area is 141 Å². The predicted octanol–water partition coefficient (Wildman–Crippen LogP) is 4.01. The van der Waals surface area contributed by atoms with Gasteiger partial charge in [0.2, 0.25) is 0 Å². The minimum Gasteiger partial charge on any atom is -0.504 e. The number of ether oxygens (including phenoxy) is 2. The molecule has 1 aliphatic carbocycles. The third-order valence-electron chi connectivity index (χ3n) is 3.91. The number of phenols is 1. The molecule has 0 aliphatic heterocycles. The molecule has 0 aromatic heterocycles. The molecule has 0 unspecified atom stereocenters. The van der Waals surface area contributed by atoms with Gasteiger partial charge in [0.1, 0.15) is 5.75 Å². The highest BCUT2D eigenvalue weighted by Crippen LogP contribution is 2.32. The topological polar surface area (TPSA) is 55.8 Å². The molecule has 1 N–H and O–H groups in total. The average Bonchev–Trinajstić information content (AvgIpc) is 2.84. The van der Waals surface area contributed by atoms with E-state index in [0.717, 1.165) is 28.0 Å². The number of benzene rings is 2. The molecule has 0 atom stereocenters. The number of aromatic hydroxyl groups is 1. The Morgan fingerprint density at radius 1 is 1.17 bits per heavy atom. The summed E-state index contributed by atoms with van der Waals surface area (Å²) in [6.45, 7) is 3.95. The first-order valence-electron chi connectivity index (χ1n) is 7.90. The Kier molecular flexibility index (Phi) is 4.30. The maximum Gasteiger partial charge on any atom is 0.189 e. The van der Waals surface area contributed by atoms with Gasteiger partial charge >= 0.3 is 0 Å². The van der Waals surface area contributed by atoms with Crippen molar-refractivity contribution in [2.45, 2.75) is 26.4 Å². The van der Waals surface area contributed by atoms with E-state index >= 15 is 0 Å². The maximum absolute atomic E-state index is 12.6. The molecule has 4 heteroatoms. The number of hydrogen-bond donors (Lipinski definition) is 1. The van der Waals surface area contributed by atoms with Crippen LogP contribution in [0, 0.1) is 0 Å². The summed E-state index contributed by atoms with van der Waals surface area (Å²) in [5, 5.41) is 9.67. The summed E-state index contributed by atoms with van der Waals surface area (Å²) in [6, 6.07) is 10.6. The van der Waals surface area contributed by atoms with Crippen molar-refractivity contribution in [3.63, 3.8) is 0 Å². The monoisotopic (exact) mass is 324 g/mol. The van der Waals surface area contributed by atoms with Gasteiger partial charge in [0.25, 0.3) is 0 Å². The second-order valence-corrected chi connectivity index (χ2v) is 6.09. The molecular formula is C20H20O4. The van der Waals surface area contributed by atoms with E-state index in [2.05, 4.69) is 0 Å². The normalized spacial score (nSPS) is 15.0. The number of carbonyl (C=O) groups is 1. The van der Waals surface area contributed by atoms with Crippen molar-refractivity contribution < 1.29 is 19.4 Å². The second kappa shape index (κ2) is 6.40. The van der Waals surface area contributed by atoms with Crippen LogP contribution in [0.3, 0.4) is 0 Å². The Bertz CT molecular complexity index is 818. The van der Waals surface area contributed by atoms with E-state index in [-0.39, 0.29) is 17.6 Å². The summed E-state index contributed by atoms with van der Waals surface area (Å²) < 4.78 is 10.8. The molecule has 124 valence electrons. The molecule has 0 saturated carbocycles. The first kappa shape index (κ1) is 16.1. The lowest BCUT2D eigenvalue weighted by atomic mass is 10.1. The van der Waals surface area contributed by atoms with Crippen LogP contribution in [0.25, 0.3) is 6.08 Å². The van der Waals surface area contributed by atoms with E-state index in [1.807, 2.05) is 38.1 Å². The Hall–Kier alpha value is -2.75. The van der Waals surface area contributed by atoms with Crippen LogP contribution in [-0.4, -0.2) is 24.1 Å². The van der Waals surface area contributed by atoms with Crippen LogP contribution in [-0.2, 0) is 6.42 Å². The number of fused-ring (bicyclic) bond motifs is 1. The molecule has 0 saturated heterocycles. The van der Waals surface area contributed by atoms with E-state index in [0.29, 0.717) is 12.2 Å². The van der Waals surface area contributed by atoms with Crippen molar-refractivity contribution in [2.75, 3.05) is 7.11 Å². The molecule has 0 spiro atoms. The molecule has 2 aromatic rings. The number of allylic oxidation sites excluding steroid dienone is 1. The fourth-order valence-electron chi connectivity index (χ4n) is 2.84.